The van der Waals surface area contributed by atoms with Crippen LogP contribution in [0, 0.1) is 5.41 Å². The van der Waals surface area contributed by atoms with E-state index in [1.807, 2.05) is 19.1 Å². The average molecular weight is 402 g/mol. The van der Waals surface area contributed by atoms with Crippen LogP contribution in [-0.4, -0.2) is 46.1 Å². The van der Waals surface area contributed by atoms with Crippen molar-refractivity contribution in [2.75, 3.05) is 18.4 Å². The number of amides is 1. The van der Waals surface area contributed by atoms with Crippen LogP contribution in [0.1, 0.15) is 50.5 Å². The second-order valence-corrected chi connectivity index (χ2v) is 8.59. The highest BCUT2D eigenvalue weighted by molar-refractivity contribution is 5.84. The number of rotatable bonds is 6. The van der Waals surface area contributed by atoms with Gasteiger partial charge in [0.1, 0.15) is 6.04 Å². The fourth-order valence-electron chi connectivity index (χ4n) is 4.30. The summed E-state index contributed by atoms with van der Waals surface area (Å²) in [5, 5.41) is 11.1. The first kappa shape index (κ1) is 18.5. The fraction of sp³-hybridized carbons (Fsp3) is 0.571. The summed E-state index contributed by atoms with van der Waals surface area (Å²) in [7, 11) is 0. The quantitative estimate of drug-likeness (QED) is 0.789. The molecule has 1 aromatic heterocycles. The molecular formula is C21H24F2N4O2. The maximum atomic E-state index is 13.6. The third kappa shape index (κ3) is 3.28. The number of benzene rings is 1. The Bertz CT molecular complexity index is 925. The predicted molar refractivity (Wildman–Crippen MR) is 103 cm³/mol. The van der Waals surface area contributed by atoms with Gasteiger partial charge < -0.3 is 14.6 Å². The van der Waals surface area contributed by atoms with E-state index in [1.54, 1.807) is 0 Å². The van der Waals surface area contributed by atoms with Crippen molar-refractivity contribution in [2.24, 2.45) is 5.41 Å². The molecule has 3 fully saturated rings. The molecule has 2 aliphatic carbocycles. The van der Waals surface area contributed by atoms with Crippen LogP contribution in [0.15, 0.2) is 28.7 Å². The van der Waals surface area contributed by atoms with E-state index >= 15 is 0 Å². The summed E-state index contributed by atoms with van der Waals surface area (Å²) in [6, 6.07) is 7.68. The van der Waals surface area contributed by atoms with Crippen LogP contribution in [-0.2, 0) is 4.79 Å². The molecule has 0 unspecified atom stereocenters. The summed E-state index contributed by atoms with van der Waals surface area (Å²) >= 11 is 0. The monoisotopic (exact) mass is 402 g/mol. The second-order valence-electron chi connectivity index (χ2n) is 8.59. The standard InChI is InChI=1S/C21H24F2N4O2/c1-2-16(18(28)27-10-9-20(12-27)11-21(20,22)23)24-19-26-25-17(29-19)15-7-5-14(6-8-15)13-3-4-13/h5-8,13,16H,2-4,9-12H2,1H3,(H,24,26)/t16-,20+/m0/s1. The van der Waals surface area contributed by atoms with Gasteiger partial charge in [-0.2, -0.15) is 0 Å². The van der Waals surface area contributed by atoms with E-state index in [4.69, 9.17) is 4.42 Å². The minimum atomic E-state index is -2.63. The molecule has 1 amide bonds. The first-order valence-electron chi connectivity index (χ1n) is 10.3. The number of likely N-dealkylation sites (tertiary alicyclic amines) is 1. The number of carbonyl (C=O) groups is 1. The average Bonchev–Trinajstić information content (AvgIpc) is 3.50. The first-order chi connectivity index (χ1) is 13.9. The molecule has 3 aliphatic rings. The lowest BCUT2D eigenvalue weighted by atomic mass is 10.1. The Hall–Kier alpha value is -2.51. The lowest BCUT2D eigenvalue weighted by Gasteiger charge is -2.22. The van der Waals surface area contributed by atoms with Crippen molar-refractivity contribution in [1.82, 2.24) is 15.1 Å². The third-order valence-electron chi connectivity index (χ3n) is 6.51. The van der Waals surface area contributed by atoms with Crippen molar-refractivity contribution < 1.29 is 18.0 Å². The zero-order valence-corrected chi connectivity index (χ0v) is 16.3. The molecule has 2 atom stereocenters. The minimum absolute atomic E-state index is 0.111. The number of aromatic nitrogens is 2. The van der Waals surface area contributed by atoms with Crippen LogP contribution in [0.2, 0.25) is 0 Å². The van der Waals surface area contributed by atoms with Crippen LogP contribution in [0.25, 0.3) is 11.5 Å². The summed E-state index contributed by atoms with van der Waals surface area (Å²) in [6.45, 7) is 2.36. The van der Waals surface area contributed by atoms with Crippen molar-refractivity contribution in [1.29, 1.82) is 0 Å². The molecule has 2 aromatic rings. The number of anilines is 1. The Balaban J connectivity index is 1.24. The van der Waals surface area contributed by atoms with Crippen molar-refractivity contribution in [3.05, 3.63) is 29.8 Å². The van der Waals surface area contributed by atoms with Crippen molar-refractivity contribution in [3.8, 4) is 11.5 Å². The molecule has 0 bridgehead atoms. The van der Waals surface area contributed by atoms with Gasteiger partial charge in [0.15, 0.2) is 0 Å². The van der Waals surface area contributed by atoms with E-state index in [0.717, 1.165) is 5.56 Å². The molecular weight excluding hydrogens is 378 g/mol. The number of nitrogens with zero attached hydrogens (tertiary/aromatic N) is 3. The molecule has 2 saturated carbocycles. The third-order valence-corrected chi connectivity index (χ3v) is 6.51. The van der Waals surface area contributed by atoms with Crippen LogP contribution in [0.3, 0.4) is 0 Å². The lowest BCUT2D eigenvalue weighted by Crippen LogP contribution is -2.42. The van der Waals surface area contributed by atoms with Crippen molar-refractivity contribution >= 4 is 11.9 Å². The van der Waals surface area contributed by atoms with Crippen LogP contribution < -0.4 is 5.32 Å². The van der Waals surface area contributed by atoms with Gasteiger partial charge in [-0.1, -0.05) is 24.2 Å². The van der Waals surface area contributed by atoms with Gasteiger partial charge in [0, 0.05) is 25.1 Å². The molecule has 1 saturated heterocycles. The summed E-state index contributed by atoms with van der Waals surface area (Å²) in [5.74, 6) is -1.76. The highest BCUT2D eigenvalue weighted by Crippen LogP contribution is 2.65. The van der Waals surface area contributed by atoms with Crippen molar-refractivity contribution in [3.63, 3.8) is 0 Å². The Kier molecular flexibility index (Phi) is 4.15. The molecule has 1 aromatic carbocycles. The normalized spacial score (nSPS) is 26.0. The summed E-state index contributed by atoms with van der Waals surface area (Å²) < 4.78 is 32.9. The Morgan fingerprint density at radius 3 is 2.62 bits per heavy atom. The van der Waals surface area contributed by atoms with Gasteiger partial charge in [-0.05, 0) is 49.3 Å². The topological polar surface area (TPSA) is 71.3 Å². The molecule has 8 heteroatoms. The maximum absolute atomic E-state index is 13.6. The second kappa shape index (κ2) is 6.50. The van der Waals surface area contributed by atoms with Crippen LogP contribution in [0.5, 0.6) is 0 Å². The molecule has 0 radical (unpaired) electrons. The summed E-state index contributed by atoms with van der Waals surface area (Å²) in [6.07, 6.45) is 3.24. The largest absolute Gasteiger partial charge is 0.403 e. The maximum Gasteiger partial charge on any atom is 0.316 e. The number of hydrogen-bond acceptors (Lipinski definition) is 5. The van der Waals surface area contributed by atoms with E-state index in [-0.39, 0.29) is 24.9 Å². The Morgan fingerprint density at radius 2 is 2.03 bits per heavy atom. The zero-order valence-electron chi connectivity index (χ0n) is 16.3. The number of halogens is 2. The van der Waals surface area contributed by atoms with Gasteiger partial charge in [-0.25, -0.2) is 8.78 Å². The van der Waals surface area contributed by atoms with Gasteiger partial charge in [-0.15, -0.1) is 5.10 Å². The van der Waals surface area contributed by atoms with Crippen molar-refractivity contribution in [2.45, 2.75) is 56.9 Å². The van der Waals surface area contributed by atoms with E-state index in [9.17, 15) is 13.6 Å². The lowest BCUT2D eigenvalue weighted by molar-refractivity contribution is -0.131. The highest BCUT2D eigenvalue weighted by Gasteiger charge is 2.73. The van der Waals surface area contributed by atoms with Crippen LogP contribution in [0.4, 0.5) is 14.8 Å². The molecule has 5 rings (SSSR count). The number of carbonyl (C=O) groups excluding carboxylic acids is 1. The minimum Gasteiger partial charge on any atom is -0.403 e. The molecule has 2 heterocycles. The molecule has 1 spiro atoms. The Morgan fingerprint density at radius 1 is 1.31 bits per heavy atom. The summed E-state index contributed by atoms with van der Waals surface area (Å²) in [5.41, 5.74) is 1.16. The first-order valence-corrected chi connectivity index (χ1v) is 10.3. The zero-order chi connectivity index (χ0) is 20.2. The molecule has 1 N–H and O–H groups in total. The van der Waals surface area contributed by atoms with Gasteiger partial charge >= 0.3 is 6.01 Å². The SMILES string of the molecule is CC[C@H](Nc1nnc(-c2ccc(C3CC3)cc2)o1)C(=O)N1CC[C@]2(C1)CC2(F)F. The molecule has 29 heavy (non-hydrogen) atoms. The molecule has 6 nitrogen and oxygen atoms in total. The number of hydrogen-bond donors (Lipinski definition) is 1. The van der Waals surface area contributed by atoms with Crippen LogP contribution >= 0.6 is 0 Å². The van der Waals surface area contributed by atoms with Gasteiger partial charge in [0.25, 0.3) is 5.92 Å². The van der Waals surface area contributed by atoms with Gasteiger partial charge in [-0.3, -0.25) is 4.79 Å². The summed E-state index contributed by atoms with van der Waals surface area (Å²) in [4.78, 5) is 14.4. The predicted octanol–water partition coefficient (Wildman–Crippen LogP) is 4.06. The number of alkyl halides is 2. The highest BCUT2D eigenvalue weighted by atomic mass is 19.3. The smallest absolute Gasteiger partial charge is 0.316 e. The fourth-order valence-corrected chi connectivity index (χ4v) is 4.30. The number of nitrogens with one attached hydrogen (secondary N) is 1. The van der Waals surface area contributed by atoms with Gasteiger partial charge in [0.2, 0.25) is 11.8 Å². The van der Waals surface area contributed by atoms with E-state index in [2.05, 4.69) is 27.6 Å². The van der Waals surface area contributed by atoms with E-state index in [1.165, 1.54) is 23.3 Å². The molecule has 1 aliphatic heterocycles. The molecule has 154 valence electrons. The van der Waals surface area contributed by atoms with E-state index < -0.39 is 17.4 Å². The Labute approximate surface area is 167 Å². The van der Waals surface area contributed by atoms with E-state index in [0.29, 0.717) is 31.2 Å². The van der Waals surface area contributed by atoms with Gasteiger partial charge in [0.05, 0.1) is 5.41 Å².